The van der Waals surface area contributed by atoms with Crippen LogP contribution >= 0.6 is 12.4 Å². The Bertz CT molecular complexity index is 280. The van der Waals surface area contributed by atoms with Crippen molar-refractivity contribution in [2.24, 2.45) is 5.92 Å². The lowest BCUT2D eigenvalue weighted by atomic mass is 9.90. The van der Waals surface area contributed by atoms with Crippen LogP contribution in [0.3, 0.4) is 0 Å². The minimum Gasteiger partial charge on any atom is -0.368 e. The summed E-state index contributed by atoms with van der Waals surface area (Å²) in [6.45, 7) is 5.80. The molecule has 4 nitrogen and oxygen atoms in total. The molecule has 2 aliphatic heterocycles. The van der Waals surface area contributed by atoms with Gasteiger partial charge in [-0.25, -0.2) is 0 Å². The van der Waals surface area contributed by atoms with Gasteiger partial charge in [0.25, 0.3) is 5.91 Å². The second kappa shape index (κ2) is 6.73. The molecule has 18 heavy (non-hydrogen) atoms. The molecule has 0 spiro atoms. The van der Waals surface area contributed by atoms with Crippen molar-refractivity contribution < 1.29 is 9.53 Å². The Morgan fingerprint density at radius 3 is 2.61 bits per heavy atom. The van der Waals surface area contributed by atoms with E-state index >= 15 is 0 Å². The lowest BCUT2D eigenvalue weighted by Crippen LogP contribution is -2.54. The largest absolute Gasteiger partial charge is 0.368 e. The van der Waals surface area contributed by atoms with E-state index < -0.39 is 5.60 Å². The molecule has 0 radical (unpaired) electrons. The number of carbonyl (C=O) groups excluding carboxylic acids is 1. The number of nitrogens with zero attached hydrogens (tertiary/aromatic N) is 1. The van der Waals surface area contributed by atoms with E-state index in [1.165, 1.54) is 6.42 Å². The smallest absolute Gasteiger partial charge is 0.254 e. The zero-order valence-corrected chi connectivity index (χ0v) is 12.2. The molecular formula is C13H25ClN2O2. The summed E-state index contributed by atoms with van der Waals surface area (Å²) in [5, 5.41) is 3.29. The number of ether oxygens (including phenoxy) is 1. The Labute approximate surface area is 116 Å². The van der Waals surface area contributed by atoms with Gasteiger partial charge in [-0.05, 0) is 38.3 Å². The second-order valence-electron chi connectivity index (χ2n) is 5.26. The van der Waals surface area contributed by atoms with E-state index in [9.17, 15) is 4.79 Å². The Balaban J connectivity index is 0.00000162. The van der Waals surface area contributed by atoms with Gasteiger partial charge in [0.1, 0.15) is 5.60 Å². The number of hydrogen-bond acceptors (Lipinski definition) is 3. The molecule has 106 valence electrons. The summed E-state index contributed by atoms with van der Waals surface area (Å²) in [6.07, 6.45) is 3.93. The van der Waals surface area contributed by atoms with Crippen LogP contribution in [0.1, 0.15) is 32.6 Å². The zero-order chi connectivity index (χ0) is 12.3. The van der Waals surface area contributed by atoms with Crippen molar-refractivity contribution in [3.8, 4) is 0 Å². The molecule has 1 amide bonds. The third kappa shape index (κ3) is 2.98. The van der Waals surface area contributed by atoms with Crippen molar-refractivity contribution in [2.45, 2.75) is 38.2 Å². The molecule has 0 aromatic heterocycles. The highest BCUT2D eigenvalue weighted by Crippen LogP contribution is 2.28. The van der Waals surface area contributed by atoms with Gasteiger partial charge < -0.3 is 15.0 Å². The highest BCUT2D eigenvalue weighted by Gasteiger charge is 2.43. The molecule has 0 saturated carbocycles. The third-order valence-electron chi connectivity index (χ3n) is 4.34. The number of piperidine rings is 1. The Morgan fingerprint density at radius 2 is 2.11 bits per heavy atom. The second-order valence-corrected chi connectivity index (χ2v) is 5.26. The fourth-order valence-electron chi connectivity index (χ4n) is 2.97. The van der Waals surface area contributed by atoms with Gasteiger partial charge in [0.2, 0.25) is 0 Å². The SMILES string of the molecule is CCC1CCN(C(=O)C2(OC)CCNCC2)C1.Cl. The van der Waals surface area contributed by atoms with Crippen LogP contribution in [0.2, 0.25) is 0 Å². The van der Waals surface area contributed by atoms with Gasteiger partial charge in [0, 0.05) is 20.2 Å². The number of rotatable bonds is 3. The van der Waals surface area contributed by atoms with E-state index in [0.717, 1.165) is 45.4 Å². The van der Waals surface area contributed by atoms with Gasteiger partial charge in [0.05, 0.1) is 0 Å². The lowest BCUT2D eigenvalue weighted by molar-refractivity contribution is -0.157. The maximum absolute atomic E-state index is 12.6. The van der Waals surface area contributed by atoms with Crippen LogP contribution in [0.5, 0.6) is 0 Å². The number of carbonyl (C=O) groups is 1. The number of hydrogen-bond donors (Lipinski definition) is 1. The van der Waals surface area contributed by atoms with Crippen molar-refractivity contribution in [3.05, 3.63) is 0 Å². The molecule has 5 heteroatoms. The summed E-state index contributed by atoms with van der Waals surface area (Å²) >= 11 is 0. The van der Waals surface area contributed by atoms with Gasteiger partial charge in [0.15, 0.2) is 0 Å². The van der Waals surface area contributed by atoms with Crippen LogP contribution in [0.25, 0.3) is 0 Å². The highest BCUT2D eigenvalue weighted by molar-refractivity contribution is 5.86. The Morgan fingerprint density at radius 1 is 1.44 bits per heavy atom. The minimum absolute atomic E-state index is 0. The number of methoxy groups -OCH3 is 1. The van der Waals surface area contributed by atoms with E-state index in [4.69, 9.17) is 4.74 Å². The van der Waals surface area contributed by atoms with E-state index in [-0.39, 0.29) is 18.3 Å². The Hall–Kier alpha value is -0.320. The molecule has 1 N–H and O–H groups in total. The van der Waals surface area contributed by atoms with Crippen molar-refractivity contribution in [3.63, 3.8) is 0 Å². The van der Waals surface area contributed by atoms with Gasteiger partial charge in [-0.15, -0.1) is 12.4 Å². The molecule has 0 aromatic carbocycles. The van der Waals surface area contributed by atoms with Crippen LogP contribution in [-0.4, -0.2) is 49.7 Å². The van der Waals surface area contributed by atoms with Crippen molar-refractivity contribution in [1.82, 2.24) is 10.2 Å². The van der Waals surface area contributed by atoms with Crippen LogP contribution in [0.4, 0.5) is 0 Å². The van der Waals surface area contributed by atoms with E-state index in [1.807, 2.05) is 4.90 Å². The van der Waals surface area contributed by atoms with Crippen LogP contribution in [0.15, 0.2) is 0 Å². The molecule has 2 aliphatic rings. The number of amides is 1. The first-order chi connectivity index (χ1) is 8.22. The first-order valence-electron chi connectivity index (χ1n) is 6.77. The summed E-state index contributed by atoms with van der Waals surface area (Å²) in [5.41, 5.74) is -0.548. The first kappa shape index (κ1) is 15.7. The van der Waals surface area contributed by atoms with Crippen molar-refractivity contribution in [1.29, 1.82) is 0 Å². The first-order valence-corrected chi connectivity index (χ1v) is 6.77. The van der Waals surface area contributed by atoms with E-state index in [2.05, 4.69) is 12.2 Å². The number of nitrogens with one attached hydrogen (secondary N) is 1. The average molecular weight is 277 g/mol. The fraction of sp³-hybridized carbons (Fsp3) is 0.923. The number of halogens is 1. The predicted octanol–water partition coefficient (Wildman–Crippen LogP) is 1.44. The molecule has 2 heterocycles. The maximum Gasteiger partial charge on any atom is 0.254 e. The summed E-state index contributed by atoms with van der Waals surface area (Å²) in [5.74, 6) is 0.909. The summed E-state index contributed by atoms with van der Waals surface area (Å²) in [4.78, 5) is 14.6. The lowest BCUT2D eigenvalue weighted by Gasteiger charge is -2.37. The number of likely N-dealkylation sites (tertiary alicyclic amines) is 1. The van der Waals surface area contributed by atoms with Gasteiger partial charge in [-0.2, -0.15) is 0 Å². The monoisotopic (exact) mass is 276 g/mol. The quantitative estimate of drug-likeness (QED) is 0.848. The third-order valence-corrected chi connectivity index (χ3v) is 4.34. The average Bonchev–Trinajstić information content (AvgIpc) is 2.87. The fourth-order valence-corrected chi connectivity index (χ4v) is 2.97. The van der Waals surface area contributed by atoms with Crippen LogP contribution < -0.4 is 5.32 Å². The summed E-state index contributed by atoms with van der Waals surface area (Å²) in [6, 6.07) is 0. The molecule has 0 aromatic rings. The van der Waals surface area contributed by atoms with E-state index in [1.54, 1.807) is 7.11 Å². The topological polar surface area (TPSA) is 41.6 Å². The Kier molecular flexibility index (Phi) is 5.89. The standard InChI is InChI=1S/C13H24N2O2.ClH/c1-3-11-4-9-15(10-11)12(16)13(17-2)5-7-14-8-6-13;/h11,14H,3-10H2,1-2H3;1H. The minimum atomic E-state index is -0.548. The van der Waals surface area contributed by atoms with Crippen molar-refractivity contribution in [2.75, 3.05) is 33.3 Å². The summed E-state index contributed by atoms with van der Waals surface area (Å²) in [7, 11) is 1.68. The zero-order valence-electron chi connectivity index (χ0n) is 11.4. The molecule has 1 atom stereocenters. The molecule has 2 rings (SSSR count). The molecule has 0 bridgehead atoms. The maximum atomic E-state index is 12.6. The molecule has 2 saturated heterocycles. The van der Waals surface area contributed by atoms with Gasteiger partial charge in [-0.3, -0.25) is 4.79 Å². The molecule has 2 fully saturated rings. The van der Waals surface area contributed by atoms with Crippen molar-refractivity contribution >= 4 is 18.3 Å². The normalized spacial score (nSPS) is 26.8. The molecule has 1 unspecified atom stereocenters. The van der Waals surface area contributed by atoms with Crippen LogP contribution in [0, 0.1) is 5.92 Å². The predicted molar refractivity (Wildman–Crippen MR) is 74.1 cm³/mol. The van der Waals surface area contributed by atoms with Gasteiger partial charge >= 0.3 is 0 Å². The van der Waals surface area contributed by atoms with Crippen LogP contribution in [-0.2, 0) is 9.53 Å². The van der Waals surface area contributed by atoms with Gasteiger partial charge in [-0.1, -0.05) is 13.3 Å². The molecule has 0 aliphatic carbocycles. The summed E-state index contributed by atoms with van der Waals surface area (Å²) < 4.78 is 5.59. The highest BCUT2D eigenvalue weighted by atomic mass is 35.5. The van der Waals surface area contributed by atoms with E-state index in [0.29, 0.717) is 5.92 Å². The molecular weight excluding hydrogens is 252 g/mol.